The summed E-state index contributed by atoms with van der Waals surface area (Å²) in [5.74, 6) is -0.167. The van der Waals surface area contributed by atoms with E-state index in [-0.39, 0.29) is 18.0 Å². The van der Waals surface area contributed by atoms with Gasteiger partial charge in [0.05, 0.1) is 18.7 Å². The van der Waals surface area contributed by atoms with Gasteiger partial charge in [0.2, 0.25) is 5.91 Å². The maximum absolute atomic E-state index is 13.6. The average Bonchev–Trinajstić information content (AvgIpc) is 2.94. The van der Waals surface area contributed by atoms with Crippen LogP contribution in [0.4, 0.5) is 5.69 Å². The van der Waals surface area contributed by atoms with Gasteiger partial charge in [0.25, 0.3) is 5.91 Å². The molecular formula is C32H47N5O4. The number of nitrogens with two attached hydrogens (primary N) is 2. The van der Waals surface area contributed by atoms with Crippen LogP contribution in [0.25, 0.3) is 11.1 Å². The first kappa shape index (κ1) is 32.0. The number of benzene rings is 2. The summed E-state index contributed by atoms with van der Waals surface area (Å²) in [6.45, 7) is 7.55. The summed E-state index contributed by atoms with van der Waals surface area (Å²) in [6, 6.07) is 13.0. The van der Waals surface area contributed by atoms with Crippen LogP contribution in [0.1, 0.15) is 55.5 Å². The summed E-state index contributed by atoms with van der Waals surface area (Å²) in [4.78, 5) is 30.2. The van der Waals surface area contributed by atoms with Gasteiger partial charge in [-0.25, -0.2) is 0 Å². The number of carbonyl (C=O) groups is 2. The average molecular weight is 566 g/mol. The molecule has 0 radical (unpaired) electrons. The number of nitrogens with zero attached hydrogens (tertiary/aromatic N) is 2. The number of rotatable bonds is 13. The van der Waals surface area contributed by atoms with Gasteiger partial charge in [0.15, 0.2) is 0 Å². The largest absolute Gasteiger partial charge is 0.491 e. The summed E-state index contributed by atoms with van der Waals surface area (Å²) < 4.78 is 10.8. The summed E-state index contributed by atoms with van der Waals surface area (Å²) >= 11 is 0. The van der Waals surface area contributed by atoms with E-state index in [4.69, 9.17) is 20.9 Å². The fraction of sp³-hybridized carbons (Fsp3) is 0.500. The zero-order valence-electron chi connectivity index (χ0n) is 25.5. The Hall–Kier alpha value is -3.56. The molecule has 9 heteroatoms. The molecule has 41 heavy (non-hydrogen) atoms. The molecule has 0 aliphatic heterocycles. The number of nitrogens with one attached hydrogen (secondary N) is 1. The van der Waals surface area contributed by atoms with Crippen LogP contribution in [-0.4, -0.2) is 76.3 Å². The number of hydrogen-bond donors (Lipinski definition) is 3. The van der Waals surface area contributed by atoms with Crippen molar-refractivity contribution in [2.45, 2.75) is 58.5 Å². The van der Waals surface area contributed by atoms with Crippen molar-refractivity contribution in [1.82, 2.24) is 10.2 Å². The molecule has 1 fully saturated rings. The number of hydrogen-bond acceptors (Lipinski definition) is 7. The second kappa shape index (κ2) is 14.9. The summed E-state index contributed by atoms with van der Waals surface area (Å²) in [5.41, 5.74) is 16.2. The molecular weight excluding hydrogens is 518 g/mol. The highest BCUT2D eigenvalue weighted by molar-refractivity contribution is 6.00. The highest BCUT2D eigenvalue weighted by atomic mass is 16.5. The van der Waals surface area contributed by atoms with Crippen molar-refractivity contribution in [2.24, 2.45) is 11.5 Å². The van der Waals surface area contributed by atoms with Crippen LogP contribution in [0, 0.1) is 6.92 Å². The van der Waals surface area contributed by atoms with Crippen LogP contribution >= 0.6 is 0 Å². The van der Waals surface area contributed by atoms with Gasteiger partial charge in [-0.1, -0.05) is 12.1 Å². The van der Waals surface area contributed by atoms with E-state index in [2.05, 4.69) is 42.2 Å². The maximum Gasteiger partial charge on any atom is 0.251 e. The summed E-state index contributed by atoms with van der Waals surface area (Å²) in [5, 5.41) is 2.87. The molecule has 0 unspecified atom stereocenters. The molecule has 1 saturated carbocycles. The quantitative estimate of drug-likeness (QED) is 0.249. The normalized spacial score (nSPS) is 17.6. The molecule has 1 aliphatic carbocycles. The molecule has 2 amide bonds. The van der Waals surface area contributed by atoms with Gasteiger partial charge in [0.1, 0.15) is 12.4 Å². The zero-order valence-corrected chi connectivity index (χ0v) is 25.5. The fourth-order valence-corrected chi connectivity index (χ4v) is 5.58. The van der Waals surface area contributed by atoms with Crippen molar-refractivity contribution in [1.29, 1.82) is 0 Å². The fourth-order valence-electron chi connectivity index (χ4n) is 5.58. The predicted molar refractivity (Wildman–Crippen MR) is 165 cm³/mol. The molecule has 5 N–H and O–H groups in total. The molecule has 0 spiro atoms. The number of carbonyl (C=O) groups excluding carboxylic acids is 2. The first-order chi connectivity index (χ1) is 19.6. The third kappa shape index (κ3) is 8.24. The van der Waals surface area contributed by atoms with E-state index in [0.29, 0.717) is 36.6 Å². The Labute approximate surface area is 244 Å². The molecule has 1 aliphatic rings. The van der Waals surface area contributed by atoms with E-state index in [1.807, 2.05) is 37.3 Å². The minimum Gasteiger partial charge on any atom is -0.491 e. The molecule has 2 aromatic carbocycles. The van der Waals surface area contributed by atoms with Crippen LogP contribution < -0.4 is 26.4 Å². The Bertz CT molecular complexity index is 1210. The maximum atomic E-state index is 13.6. The number of allylic oxidation sites excluding steroid dienone is 1. The Morgan fingerprint density at radius 2 is 1.61 bits per heavy atom. The number of methoxy groups -OCH3 is 1. The lowest BCUT2D eigenvalue weighted by atomic mass is 9.88. The SMILES string of the molecule is CCN(c1cc(-c2ccc(OCCOC)cc2)cc(C(=O)NC/C(C(N)=O)=C(\C)N)c1C)[C@H]1CC[C@H](N(C)C)CC1. The number of primary amides is 1. The molecule has 0 saturated heterocycles. The molecule has 0 aromatic heterocycles. The van der Waals surface area contributed by atoms with Crippen molar-refractivity contribution in [3.8, 4) is 16.9 Å². The third-order valence-corrected chi connectivity index (χ3v) is 8.06. The van der Waals surface area contributed by atoms with Crippen LogP contribution in [0.2, 0.25) is 0 Å². The lowest BCUT2D eigenvalue weighted by Crippen LogP contribution is -2.42. The first-order valence-corrected chi connectivity index (χ1v) is 14.4. The van der Waals surface area contributed by atoms with Gasteiger partial charge >= 0.3 is 0 Å². The summed E-state index contributed by atoms with van der Waals surface area (Å²) in [6.07, 6.45) is 4.48. The molecule has 0 bridgehead atoms. The van der Waals surface area contributed by atoms with Crippen molar-refractivity contribution < 1.29 is 19.1 Å². The van der Waals surface area contributed by atoms with Gasteiger partial charge in [-0.15, -0.1) is 0 Å². The molecule has 3 rings (SSSR count). The van der Waals surface area contributed by atoms with E-state index >= 15 is 0 Å². The Morgan fingerprint density at radius 1 is 0.976 bits per heavy atom. The van der Waals surface area contributed by atoms with Crippen LogP contribution in [-0.2, 0) is 9.53 Å². The minimum atomic E-state index is -0.644. The Kier molecular flexibility index (Phi) is 11.6. The van der Waals surface area contributed by atoms with Crippen LogP contribution in [0.5, 0.6) is 5.75 Å². The van der Waals surface area contributed by atoms with E-state index in [1.54, 1.807) is 14.0 Å². The van der Waals surface area contributed by atoms with Crippen LogP contribution in [0.3, 0.4) is 0 Å². The van der Waals surface area contributed by atoms with Gasteiger partial charge in [-0.2, -0.15) is 0 Å². The third-order valence-electron chi connectivity index (χ3n) is 8.06. The van der Waals surface area contributed by atoms with Crippen molar-refractivity contribution in [3.05, 3.63) is 58.8 Å². The van der Waals surface area contributed by atoms with Gasteiger partial charge in [-0.05, 0) is 102 Å². The van der Waals surface area contributed by atoms with Gasteiger partial charge in [0, 0.05) is 42.7 Å². The summed E-state index contributed by atoms with van der Waals surface area (Å²) in [7, 11) is 5.95. The lowest BCUT2D eigenvalue weighted by molar-refractivity contribution is -0.114. The Morgan fingerprint density at radius 3 is 2.15 bits per heavy atom. The topological polar surface area (TPSA) is 123 Å². The van der Waals surface area contributed by atoms with E-state index in [1.165, 1.54) is 0 Å². The van der Waals surface area contributed by atoms with Crippen molar-refractivity contribution in [3.63, 3.8) is 0 Å². The standard InChI is InChI=1S/C32H47N5O4/c1-7-37(26-12-10-25(11-13-26)36(4)5)30-19-24(23-8-14-27(15-9-23)41-17-16-40-6)18-28(21(30)2)32(39)35-20-29(22(3)33)31(34)38/h8-9,14-15,18-19,25-26H,7,10-13,16-17,20,33H2,1-6H3,(H2,34,38)(H,35,39)/b29-22-/t25-,26-. The van der Waals surface area contributed by atoms with Gasteiger partial charge in [-0.3, -0.25) is 9.59 Å². The second-order valence-corrected chi connectivity index (χ2v) is 11.0. The minimum absolute atomic E-state index is 0.0327. The molecule has 224 valence electrons. The molecule has 2 aromatic rings. The first-order valence-electron chi connectivity index (χ1n) is 14.4. The highest BCUT2D eigenvalue weighted by Gasteiger charge is 2.28. The molecule has 9 nitrogen and oxygen atoms in total. The zero-order chi connectivity index (χ0) is 30.1. The van der Waals surface area contributed by atoms with E-state index < -0.39 is 5.91 Å². The smallest absolute Gasteiger partial charge is 0.251 e. The number of amides is 2. The van der Waals surface area contributed by atoms with Gasteiger partial charge < -0.3 is 36.1 Å². The molecule has 0 atom stereocenters. The monoisotopic (exact) mass is 565 g/mol. The highest BCUT2D eigenvalue weighted by Crippen LogP contribution is 2.36. The number of ether oxygens (including phenoxy) is 2. The van der Waals surface area contributed by atoms with E-state index in [0.717, 1.165) is 60.4 Å². The van der Waals surface area contributed by atoms with Crippen molar-refractivity contribution >= 4 is 17.5 Å². The number of anilines is 1. The second-order valence-electron chi connectivity index (χ2n) is 11.0. The van der Waals surface area contributed by atoms with E-state index in [9.17, 15) is 9.59 Å². The van der Waals surface area contributed by atoms with Crippen molar-refractivity contribution in [2.75, 3.05) is 52.4 Å². The van der Waals surface area contributed by atoms with Crippen LogP contribution in [0.15, 0.2) is 47.7 Å². The predicted octanol–water partition coefficient (Wildman–Crippen LogP) is 3.83. The molecule has 0 heterocycles. The lowest BCUT2D eigenvalue weighted by Gasteiger charge is -2.40. The Balaban J connectivity index is 1.99.